The molecule has 1 amide bonds. The average molecular weight is 425 g/mol. The molecule has 0 atom stereocenters. The van der Waals surface area contributed by atoms with Crippen molar-refractivity contribution in [2.75, 3.05) is 31.6 Å². The van der Waals surface area contributed by atoms with E-state index in [-0.39, 0.29) is 10.6 Å². The molecule has 0 spiro atoms. The molecule has 1 aromatic rings. The molecule has 2 rings (SSSR count). The van der Waals surface area contributed by atoms with Crippen LogP contribution in [-0.4, -0.2) is 50.9 Å². The highest BCUT2D eigenvalue weighted by molar-refractivity contribution is 7.89. The fourth-order valence-electron chi connectivity index (χ4n) is 2.90. The van der Waals surface area contributed by atoms with Crippen molar-refractivity contribution in [1.29, 1.82) is 0 Å². The maximum Gasteiger partial charge on any atom is 0.331 e. The fourth-order valence-corrected chi connectivity index (χ4v) is 4.45. The topological polar surface area (TPSA) is 102 Å². The van der Waals surface area contributed by atoms with E-state index < -0.39 is 28.5 Å². The first kappa shape index (κ1) is 22.9. The zero-order chi connectivity index (χ0) is 21.4. The number of benzene rings is 1. The number of hydrogen-bond acceptors (Lipinski definition) is 6. The van der Waals surface area contributed by atoms with Crippen LogP contribution in [0.4, 0.5) is 5.69 Å². The fraction of sp³-hybridized carbons (Fsp3) is 0.500. The third kappa shape index (κ3) is 6.57. The summed E-state index contributed by atoms with van der Waals surface area (Å²) in [5.74, 6) is -0.866. The number of hydrogen-bond donors (Lipinski definition) is 1. The number of rotatable bonds is 8. The van der Waals surface area contributed by atoms with Crippen LogP contribution in [0.3, 0.4) is 0 Å². The van der Waals surface area contributed by atoms with Crippen LogP contribution < -0.4 is 10.1 Å². The summed E-state index contributed by atoms with van der Waals surface area (Å²) in [5.41, 5.74) is 0.970. The summed E-state index contributed by atoms with van der Waals surface area (Å²) in [6.45, 7) is 6.09. The first-order chi connectivity index (χ1) is 13.7. The summed E-state index contributed by atoms with van der Waals surface area (Å²) in [7, 11) is -3.66. The zero-order valence-corrected chi connectivity index (χ0v) is 17.9. The lowest BCUT2D eigenvalue weighted by atomic mass is 10.2. The molecule has 1 saturated heterocycles. The molecule has 29 heavy (non-hydrogen) atoms. The Kier molecular flexibility index (Phi) is 8.21. The van der Waals surface area contributed by atoms with E-state index in [4.69, 9.17) is 9.47 Å². The smallest absolute Gasteiger partial charge is 0.331 e. The molecule has 160 valence electrons. The van der Waals surface area contributed by atoms with Crippen LogP contribution in [0.25, 0.3) is 0 Å². The van der Waals surface area contributed by atoms with Gasteiger partial charge in [-0.3, -0.25) is 4.79 Å². The Hall–Kier alpha value is -2.39. The van der Waals surface area contributed by atoms with Gasteiger partial charge in [0.25, 0.3) is 5.91 Å². The first-order valence-corrected chi connectivity index (χ1v) is 11.1. The number of carbonyl (C=O) groups excluding carboxylic acids is 2. The standard InChI is InChI=1S/C20H28N2O6S/c1-4-27-18-9-8-16(29(25,26)22-10-6-5-7-11-22)13-17(18)21-19(23)14-28-20(24)12-15(2)3/h8-9,12-13H,4-7,10-11,14H2,1-3H3,(H,21,23). The van der Waals surface area contributed by atoms with Gasteiger partial charge in [-0.25, -0.2) is 13.2 Å². The summed E-state index contributed by atoms with van der Waals surface area (Å²) in [4.78, 5) is 23.8. The van der Waals surface area contributed by atoms with Gasteiger partial charge >= 0.3 is 5.97 Å². The molecular formula is C20H28N2O6S. The molecule has 1 fully saturated rings. The van der Waals surface area contributed by atoms with Crippen molar-refractivity contribution >= 4 is 27.6 Å². The van der Waals surface area contributed by atoms with Crippen molar-refractivity contribution in [3.8, 4) is 5.75 Å². The van der Waals surface area contributed by atoms with Crippen LogP contribution in [0.15, 0.2) is 34.7 Å². The number of esters is 1. The molecule has 0 aliphatic carbocycles. The van der Waals surface area contributed by atoms with Crippen LogP contribution in [0.2, 0.25) is 0 Å². The molecule has 1 heterocycles. The minimum absolute atomic E-state index is 0.0830. The summed E-state index contributed by atoms with van der Waals surface area (Å²) < 4.78 is 37.6. The van der Waals surface area contributed by atoms with Gasteiger partial charge in [-0.2, -0.15) is 4.31 Å². The normalized spacial score (nSPS) is 14.7. The summed E-state index contributed by atoms with van der Waals surface area (Å²) in [5, 5.41) is 2.57. The van der Waals surface area contributed by atoms with Gasteiger partial charge in [-0.05, 0) is 51.8 Å². The molecule has 8 nitrogen and oxygen atoms in total. The number of allylic oxidation sites excluding steroid dienone is 1. The number of anilines is 1. The number of nitrogens with one attached hydrogen (secondary N) is 1. The Balaban J connectivity index is 2.18. The third-order valence-corrected chi connectivity index (χ3v) is 6.12. The van der Waals surface area contributed by atoms with Gasteiger partial charge in [0.1, 0.15) is 5.75 Å². The molecule has 0 radical (unpaired) electrons. The van der Waals surface area contributed by atoms with E-state index in [0.29, 0.717) is 25.4 Å². The quantitative estimate of drug-likeness (QED) is 0.509. The predicted molar refractivity (Wildman–Crippen MR) is 109 cm³/mol. The van der Waals surface area contributed by atoms with Crippen molar-refractivity contribution in [2.45, 2.75) is 44.9 Å². The number of amides is 1. The lowest BCUT2D eigenvalue weighted by Gasteiger charge is -2.26. The van der Waals surface area contributed by atoms with Crippen molar-refractivity contribution in [1.82, 2.24) is 4.31 Å². The Morgan fingerprint density at radius 1 is 1.17 bits per heavy atom. The largest absolute Gasteiger partial charge is 0.492 e. The van der Waals surface area contributed by atoms with Crippen molar-refractivity contribution in [2.24, 2.45) is 0 Å². The highest BCUT2D eigenvalue weighted by atomic mass is 32.2. The number of ether oxygens (including phenoxy) is 2. The van der Waals surface area contributed by atoms with Crippen molar-refractivity contribution in [3.63, 3.8) is 0 Å². The summed E-state index contributed by atoms with van der Waals surface area (Å²) in [6, 6.07) is 4.37. The van der Waals surface area contributed by atoms with E-state index in [9.17, 15) is 18.0 Å². The summed E-state index contributed by atoms with van der Waals surface area (Å²) >= 11 is 0. The van der Waals surface area contributed by atoms with E-state index >= 15 is 0 Å². The Morgan fingerprint density at radius 2 is 1.86 bits per heavy atom. The Morgan fingerprint density at radius 3 is 2.48 bits per heavy atom. The van der Waals surface area contributed by atoms with Crippen LogP contribution in [0, 0.1) is 0 Å². The Bertz CT molecular complexity index is 869. The van der Waals surface area contributed by atoms with Crippen LogP contribution in [0.1, 0.15) is 40.0 Å². The zero-order valence-electron chi connectivity index (χ0n) is 17.1. The van der Waals surface area contributed by atoms with Gasteiger partial charge in [-0.15, -0.1) is 0 Å². The highest BCUT2D eigenvalue weighted by Crippen LogP contribution is 2.30. The maximum atomic E-state index is 12.9. The molecule has 0 saturated carbocycles. The second-order valence-corrected chi connectivity index (χ2v) is 8.87. The minimum Gasteiger partial charge on any atom is -0.492 e. The van der Waals surface area contributed by atoms with E-state index in [1.165, 1.54) is 28.6 Å². The van der Waals surface area contributed by atoms with Crippen molar-refractivity contribution in [3.05, 3.63) is 29.8 Å². The lowest BCUT2D eigenvalue weighted by molar-refractivity contribution is -0.142. The molecule has 1 N–H and O–H groups in total. The van der Waals surface area contributed by atoms with Crippen LogP contribution >= 0.6 is 0 Å². The molecule has 1 aliphatic rings. The van der Waals surface area contributed by atoms with Gasteiger partial charge in [0, 0.05) is 19.2 Å². The molecule has 0 unspecified atom stereocenters. The van der Waals surface area contributed by atoms with Gasteiger partial charge in [-0.1, -0.05) is 12.0 Å². The number of sulfonamides is 1. The summed E-state index contributed by atoms with van der Waals surface area (Å²) in [6.07, 6.45) is 3.96. The minimum atomic E-state index is -3.66. The lowest BCUT2D eigenvalue weighted by Crippen LogP contribution is -2.35. The second-order valence-electron chi connectivity index (χ2n) is 6.93. The number of nitrogens with zero attached hydrogens (tertiary/aromatic N) is 1. The van der Waals surface area contributed by atoms with E-state index in [1.807, 2.05) is 0 Å². The van der Waals surface area contributed by atoms with Crippen LogP contribution in [0.5, 0.6) is 5.75 Å². The SMILES string of the molecule is CCOc1ccc(S(=O)(=O)N2CCCCC2)cc1NC(=O)COC(=O)C=C(C)C. The van der Waals surface area contributed by atoms with Gasteiger partial charge in [0.05, 0.1) is 17.2 Å². The van der Waals surface area contributed by atoms with E-state index in [2.05, 4.69) is 5.32 Å². The predicted octanol–water partition coefficient (Wildman–Crippen LogP) is 2.71. The average Bonchev–Trinajstić information content (AvgIpc) is 2.68. The monoisotopic (exact) mass is 424 g/mol. The molecule has 0 aromatic heterocycles. The second kappa shape index (κ2) is 10.4. The molecular weight excluding hydrogens is 396 g/mol. The number of carbonyl (C=O) groups is 2. The van der Waals surface area contributed by atoms with Crippen molar-refractivity contribution < 1.29 is 27.5 Å². The van der Waals surface area contributed by atoms with E-state index in [0.717, 1.165) is 24.8 Å². The van der Waals surface area contributed by atoms with E-state index in [1.54, 1.807) is 20.8 Å². The molecule has 1 aliphatic heterocycles. The molecule has 0 bridgehead atoms. The highest BCUT2D eigenvalue weighted by Gasteiger charge is 2.27. The molecule has 1 aromatic carbocycles. The van der Waals surface area contributed by atoms with Crippen LogP contribution in [-0.2, 0) is 24.3 Å². The Labute approximate surface area is 171 Å². The molecule has 9 heteroatoms. The van der Waals surface area contributed by atoms with Gasteiger partial charge in [0.15, 0.2) is 6.61 Å². The number of piperidine rings is 1. The first-order valence-electron chi connectivity index (χ1n) is 9.62. The third-order valence-electron chi connectivity index (χ3n) is 4.23. The van der Waals surface area contributed by atoms with Gasteiger partial charge < -0.3 is 14.8 Å². The maximum absolute atomic E-state index is 12.9. The van der Waals surface area contributed by atoms with Gasteiger partial charge in [0.2, 0.25) is 10.0 Å².